The lowest BCUT2D eigenvalue weighted by molar-refractivity contribution is 0.391. The lowest BCUT2D eigenvalue weighted by Crippen LogP contribution is -2.34. The van der Waals surface area contributed by atoms with Gasteiger partial charge in [-0.2, -0.15) is 15.0 Å². The van der Waals surface area contributed by atoms with Crippen LogP contribution in [0.1, 0.15) is 44.1 Å². The number of piperidine rings is 2. The van der Waals surface area contributed by atoms with Crippen LogP contribution >= 0.6 is 0 Å². The summed E-state index contributed by atoms with van der Waals surface area (Å²) in [5.41, 5.74) is 1.03. The second-order valence-electron chi connectivity index (χ2n) is 7.89. The van der Waals surface area contributed by atoms with Crippen molar-refractivity contribution in [2.24, 2.45) is 0 Å². The molecule has 2 aliphatic rings. The third-order valence-electron chi connectivity index (χ3n) is 5.82. The van der Waals surface area contributed by atoms with Crippen molar-refractivity contribution in [3.05, 3.63) is 23.8 Å². The highest BCUT2D eigenvalue weighted by molar-refractivity contribution is 5.47. The first-order valence-electron chi connectivity index (χ1n) is 11.0. The van der Waals surface area contributed by atoms with E-state index in [2.05, 4.69) is 15.1 Å². The molecule has 8 nitrogen and oxygen atoms in total. The molecule has 30 heavy (non-hydrogen) atoms. The number of methoxy groups -OCH3 is 2. The predicted molar refractivity (Wildman–Crippen MR) is 119 cm³/mol. The van der Waals surface area contributed by atoms with Crippen LogP contribution in [-0.4, -0.2) is 55.4 Å². The minimum Gasteiger partial charge on any atom is -0.497 e. The van der Waals surface area contributed by atoms with Crippen molar-refractivity contribution in [1.82, 2.24) is 15.0 Å². The molecule has 8 heteroatoms. The predicted octanol–water partition coefficient (Wildman–Crippen LogP) is 3.48. The summed E-state index contributed by atoms with van der Waals surface area (Å²) in [7, 11) is 3.33. The molecule has 0 spiro atoms. The van der Waals surface area contributed by atoms with Gasteiger partial charge in [0, 0.05) is 44.4 Å². The molecule has 2 aromatic rings. The van der Waals surface area contributed by atoms with Gasteiger partial charge in [-0.05, 0) is 50.7 Å². The van der Waals surface area contributed by atoms with Gasteiger partial charge in [0.25, 0.3) is 0 Å². The number of nitrogens with one attached hydrogen (secondary N) is 1. The van der Waals surface area contributed by atoms with Crippen molar-refractivity contribution < 1.29 is 9.47 Å². The van der Waals surface area contributed by atoms with Crippen molar-refractivity contribution in [3.63, 3.8) is 0 Å². The molecule has 0 bridgehead atoms. The van der Waals surface area contributed by atoms with E-state index in [1.165, 1.54) is 38.5 Å². The van der Waals surface area contributed by atoms with Gasteiger partial charge in [0.05, 0.1) is 14.2 Å². The second kappa shape index (κ2) is 9.82. The molecule has 2 aliphatic heterocycles. The molecule has 1 aromatic heterocycles. The SMILES string of the molecule is COc1ccc(CNc2nc(N3CCCCC3)nc(N3CCCCC3)n2)c(OC)c1. The van der Waals surface area contributed by atoms with E-state index in [-0.39, 0.29) is 0 Å². The molecule has 0 unspecified atom stereocenters. The Balaban J connectivity index is 1.56. The van der Waals surface area contributed by atoms with Gasteiger partial charge in [0.2, 0.25) is 17.8 Å². The van der Waals surface area contributed by atoms with Crippen LogP contribution in [0.4, 0.5) is 17.8 Å². The molecule has 1 N–H and O–H groups in total. The first-order chi connectivity index (χ1) is 14.8. The first kappa shape index (κ1) is 20.5. The Morgan fingerprint density at radius 3 is 1.93 bits per heavy atom. The van der Waals surface area contributed by atoms with Crippen LogP contribution < -0.4 is 24.6 Å². The quantitative estimate of drug-likeness (QED) is 0.741. The van der Waals surface area contributed by atoms with Crippen molar-refractivity contribution in [1.29, 1.82) is 0 Å². The summed E-state index contributed by atoms with van der Waals surface area (Å²) in [5, 5.41) is 3.40. The van der Waals surface area contributed by atoms with Gasteiger partial charge in [-0.1, -0.05) is 0 Å². The summed E-state index contributed by atoms with van der Waals surface area (Å²) in [5.74, 6) is 3.74. The average Bonchev–Trinajstić information content (AvgIpc) is 2.83. The topological polar surface area (TPSA) is 75.6 Å². The van der Waals surface area contributed by atoms with E-state index < -0.39 is 0 Å². The number of aromatic nitrogens is 3. The molecular formula is C22H32N6O2. The standard InChI is InChI=1S/C22H32N6O2/c1-29-18-10-9-17(19(15-18)30-2)16-23-20-24-21(27-11-5-3-6-12-27)26-22(25-20)28-13-7-4-8-14-28/h9-10,15H,3-8,11-14,16H2,1-2H3,(H,23,24,25,26). The maximum Gasteiger partial charge on any atom is 0.231 e. The van der Waals surface area contributed by atoms with E-state index in [4.69, 9.17) is 24.4 Å². The summed E-state index contributed by atoms with van der Waals surface area (Å²) < 4.78 is 10.8. The van der Waals surface area contributed by atoms with E-state index in [0.717, 1.165) is 55.1 Å². The normalized spacial score (nSPS) is 17.0. The molecule has 1 aromatic carbocycles. The first-order valence-corrected chi connectivity index (χ1v) is 11.0. The smallest absolute Gasteiger partial charge is 0.231 e. The molecule has 0 atom stereocenters. The van der Waals surface area contributed by atoms with E-state index in [1.54, 1.807) is 14.2 Å². The lowest BCUT2D eigenvalue weighted by atomic mass is 10.1. The van der Waals surface area contributed by atoms with E-state index in [1.807, 2.05) is 18.2 Å². The largest absolute Gasteiger partial charge is 0.497 e. The molecular weight excluding hydrogens is 380 g/mol. The fourth-order valence-corrected chi connectivity index (χ4v) is 4.08. The summed E-state index contributed by atoms with van der Waals surface area (Å²) in [6.45, 7) is 4.60. The zero-order valence-electron chi connectivity index (χ0n) is 18.1. The van der Waals surface area contributed by atoms with E-state index in [9.17, 15) is 0 Å². The molecule has 2 saturated heterocycles. The fraction of sp³-hybridized carbons (Fsp3) is 0.591. The van der Waals surface area contributed by atoms with Crippen LogP contribution in [0, 0.1) is 0 Å². The summed E-state index contributed by atoms with van der Waals surface area (Å²) in [6, 6.07) is 5.83. The van der Waals surface area contributed by atoms with Gasteiger partial charge in [-0.25, -0.2) is 0 Å². The highest BCUT2D eigenvalue weighted by Gasteiger charge is 2.20. The Kier molecular flexibility index (Phi) is 6.71. The Bertz CT molecular complexity index is 798. The van der Waals surface area contributed by atoms with Gasteiger partial charge in [-0.3, -0.25) is 0 Å². The minimum atomic E-state index is 0.566. The van der Waals surface area contributed by atoms with Gasteiger partial charge in [0.15, 0.2) is 0 Å². The molecule has 0 amide bonds. The van der Waals surface area contributed by atoms with Crippen molar-refractivity contribution in [2.45, 2.75) is 45.1 Å². The molecule has 2 fully saturated rings. The number of hydrogen-bond acceptors (Lipinski definition) is 8. The lowest BCUT2D eigenvalue weighted by Gasteiger charge is -2.30. The third kappa shape index (κ3) is 4.86. The minimum absolute atomic E-state index is 0.566. The van der Waals surface area contributed by atoms with E-state index in [0.29, 0.717) is 12.5 Å². The van der Waals surface area contributed by atoms with Crippen LogP contribution in [0.3, 0.4) is 0 Å². The average molecular weight is 413 g/mol. The molecule has 0 aliphatic carbocycles. The number of ether oxygens (including phenoxy) is 2. The summed E-state index contributed by atoms with van der Waals surface area (Å²) >= 11 is 0. The number of rotatable bonds is 7. The highest BCUT2D eigenvalue weighted by Crippen LogP contribution is 2.26. The molecule has 162 valence electrons. The molecule has 0 saturated carbocycles. The number of anilines is 3. The maximum atomic E-state index is 5.52. The number of hydrogen-bond donors (Lipinski definition) is 1. The highest BCUT2D eigenvalue weighted by atomic mass is 16.5. The van der Waals surface area contributed by atoms with Crippen LogP contribution in [0.15, 0.2) is 18.2 Å². The molecule has 4 rings (SSSR count). The van der Waals surface area contributed by atoms with Crippen molar-refractivity contribution in [2.75, 3.05) is 55.5 Å². The van der Waals surface area contributed by atoms with Crippen LogP contribution in [-0.2, 0) is 6.54 Å². The maximum absolute atomic E-state index is 5.52. The molecule has 3 heterocycles. The Morgan fingerprint density at radius 1 is 0.800 bits per heavy atom. The number of benzene rings is 1. The van der Waals surface area contributed by atoms with Gasteiger partial charge in [-0.15, -0.1) is 0 Å². The van der Waals surface area contributed by atoms with Crippen molar-refractivity contribution in [3.8, 4) is 11.5 Å². The van der Waals surface area contributed by atoms with Crippen molar-refractivity contribution >= 4 is 17.8 Å². The summed E-state index contributed by atoms with van der Waals surface area (Å²) in [6.07, 6.45) is 7.33. The zero-order chi connectivity index (χ0) is 20.8. The Hall–Kier alpha value is -2.77. The number of nitrogens with zero attached hydrogens (tertiary/aromatic N) is 5. The Labute approximate surface area is 178 Å². The van der Waals surface area contributed by atoms with Crippen LogP contribution in [0.5, 0.6) is 11.5 Å². The van der Waals surface area contributed by atoms with Crippen LogP contribution in [0.2, 0.25) is 0 Å². The summed E-state index contributed by atoms with van der Waals surface area (Å²) in [4.78, 5) is 18.9. The monoisotopic (exact) mass is 412 g/mol. The van der Waals surface area contributed by atoms with E-state index >= 15 is 0 Å². The molecule has 0 radical (unpaired) electrons. The van der Waals surface area contributed by atoms with Gasteiger partial charge >= 0.3 is 0 Å². The van der Waals surface area contributed by atoms with Gasteiger partial charge in [0.1, 0.15) is 11.5 Å². The van der Waals surface area contributed by atoms with Crippen LogP contribution in [0.25, 0.3) is 0 Å². The third-order valence-corrected chi connectivity index (χ3v) is 5.82. The Morgan fingerprint density at radius 2 is 1.40 bits per heavy atom. The zero-order valence-corrected chi connectivity index (χ0v) is 18.1. The second-order valence-corrected chi connectivity index (χ2v) is 7.89. The van der Waals surface area contributed by atoms with Gasteiger partial charge < -0.3 is 24.6 Å². The fourth-order valence-electron chi connectivity index (χ4n) is 4.08.